The summed E-state index contributed by atoms with van der Waals surface area (Å²) < 4.78 is 5.07. The van der Waals surface area contributed by atoms with Crippen LogP contribution in [0.4, 0.5) is 0 Å². The standard InChI is InChI=1S/C29H34N2O10/c1-5-6-11-41-15(32)10-8-13-7-9-14-12(2)16-18(23(34)17(14)22(13)33)26(37)29(40)20(24(16)35)21(31(3)4)25(36)19(27(29)38)28(30)39/h7-10,12,16,20-21,24,33-35,38,40H,5-6,11H2,1-4H3,(H2,30,39)/b10-8+/t12-,16+,20+,21-,24-,29-/m0/s1. The number of unbranched alkanes of at least 4 members (excludes halogenated alkanes) is 1. The van der Waals surface area contributed by atoms with E-state index in [1.165, 1.54) is 31.1 Å². The van der Waals surface area contributed by atoms with Gasteiger partial charge in [-0.3, -0.25) is 19.3 Å². The van der Waals surface area contributed by atoms with Crippen molar-refractivity contribution in [1.29, 1.82) is 0 Å². The number of rotatable bonds is 7. The fraction of sp³-hybridized carbons (Fsp3) is 0.448. The lowest BCUT2D eigenvalue weighted by molar-refractivity contribution is -0.169. The molecular weight excluding hydrogens is 536 g/mol. The van der Waals surface area contributed by atoms with Gasteiger partial charge in [0.05, 0.1) is 30.2 Å². The molecule has 0 saturated heterocycles. The molecule has 6 atom stereocenters. The lowest BCUT2D eigenvalue weighted by Crippen LogP contribution is -2.70. The lowest BCUT2D eigenvalue weighted by Gasteiger charge is -2.53. The number of hydrogen-bond acceptors (Lipinski definition) is 11. The summed E-state index contributed by atoms with van der Waals surface area (Å²) >= 11 is 0. The molecule has 7 N–H and O–H groups in total. The third-order valence-electron chi connectivity index (χ3n) is 8.30. The molecule has 1 saturated carbocycles. The maximum atomic E-state index is 14.0. The number of Topliss-reactive ketones (excluding diaryl/α,β-unsaturated/α-hetero) is 2. The van der Waals surface area contributed by atoms with Crippen molar-refractivity contribution in [2.24, 2.45) is 17.6 Å². The quantitative estimate of drug-likeness (QED) is 0.117. The highest BCUT2D eigenvalue weighted by molar-refractivity contribution is 6.24. The van der Waals surface area contributed by atoms with Gasteiger partial charge in [0.15, 0.2) is 11.4 Å². The normalized spacial score (nSPS) is 29.5. The van der Waals surface area contributed by atoms with E-state index in [0.717, 1.165) is 12.5 Å². The van der Waals surface area contributed by atoms with Gasteiger partial charge < -0.3 is 36.0 Å². The molecule has 3 aliphatic rings. The average Bonchev–Trinajstić information content (AvgIpc) is 2.90. The zero-order valence-corrected chi connectivity index (χ0v) is 23.1. The molecule has 1 fully saturated rings. The molecule has 41 heavy (non-hydrogen) atoms. The van der Waals surface area contributed by atoms with Crippen molar-refractivity contribution in [2.45, 2.75) is 50.4 Å². The van der Waals surface area contributed by atoms with Crippen molar-refractivity contribution in [3.8, 4) is 5.75 Å². The monoisotopic (exact) mass is 570 g/mol. The molecule has 0 spiro atoms. The number of amides is 1. The van der Waals surface area contributed by atoms with Crippen molar-refractivity contribution in [1.82, 2.24) is 4.90 Å². The first-order valence-corrected chi connectivity index (χ1v) is 13.2. The number of benzene rings is 1. The van der Waals surface area contributed by atoms with Crippen molar-refractivity contribution in [3.63, 3.8) is 0 Å². The predicted molar refractivity (Wildman–Crippen MR) is 145 cm³/mol. The van der Waals surface area contributed by atoms with Gasteiger partial charge >= 0.3 is 5.97 Å². The molecule has 4 rings (SSSR count). The van der Waals surface area contributed by atoms with E-state index in [2.05, 4.69) is 0 Å². The molecule has 0 heterocycles. The van der Waals surface area contributed by atoms with E-state index in [9.17, 15) is 44.7 Å². The van der Waals surface area contributed by atoms with Gasteiger partial charge in [-0.1, -0.05) is 32.4 Å². The van der Waals surface area contributed by atoms with Crippen molar-refractivity contribution in [3.05, 3.63) is 51.8 Å². The van der Waals surface area contributed by atoms with E-state index in [0.29, 0.717) is 12.0 Å². The number of fused-ring (bicyclic) bond motifs is 3. The number of likely N-dealkylation sites (N-methyl/N-ethyl adjacent to an activating group) is 1. The highest BCUT2D eigenvalue weighted by atomic mass is 16.5. The van der Waals surface area contributed by atoms with Gasteiger partial charge in [0.25, 0.3) is 5.91 Å². The van der Waals surface area contributed by atoms with Crippen LogP contribution in [0.3, 0.4) is 0 Å². The van der Waals surface area contributed by atoms with Crippen LogP contribution in [-0.2, 0) is 23.9 Å². The third-order valence-corrected chi connectivity index (χ3v) is 8.30. The smallest absolute Gasteiger partial charge is 0.330 e. The molecule has 1 aromatic rings. The summed E-state index contributed by atoms with van der Waals surface area (Å²) in [5, 5.41) is 56.8. The van der Waals surface area contributed by atoms with Crippen LogP contribution in [0, 0.1) is 11.8 Å². The first-order chi connectivity index (χ1) is 19.2. The van der Waals surface area contributed by atoms with Crippen molar-refractivity contribution < 1.29 is 49.4 Å². The van der Waals surface area contributed by atoms with Gasteiger partial charge in [-0.05, 0) is 38.1 Å². The summed E-state index contributed by atoms with van der Waals surface area (Å²) in [6.45, 7) is 3.81. The number of aliphatic hydroxyl groups excluding tert-OH is 3. The summed E-state index contributed by atoms with van der Waals surface area (Å²) in [4.78, 5) is 52.6. The Hall–Kier alpha value is -4.00. The van der Waals surface area contributed by atoms with E-state index in [4.69, 9.17) is 10.5 Å². The fourth-order valence-electron chi connectivity index (χ4n) is 6.29. The Kier molecular flexibility index (Phi) is 7.87. The summed E-state index contributed by atoms with van der Waals surface area (Å²) in [5.41, 5.74) is 1.17. The topological polar surface area (TPSA) is 208 Å². The van der Waals surface area contributed by atoms with Crippen LogP contribution in [0.15, 0.2) is 35.1 Å². The second-order valence-corrected chi connectivity index (χ2v) is 10.9. The van der Waals surface area contributed by atoms with Crippen LogP contribution in [-0.4, -0.2) is 92.3 Å². The first kappa shape index (κ1) is 30.0. The Morgan fingerprint density at radius 1 is 1.17 bits per heavy atom. The number of aromatic hydroxyl groups is 1. The average molecular weight is 571 g/mol. The molecule has 220 valence electrons. The van der Waals surface area contributed by atoms with Crippen LogP contribution in [0.1, 0.15) is 49.3 Å². The second-order valence-electron chi connectivity index (χ2n) is 10.9. The first-order valence-electron chi connectivity index (χ1n) is 13.2. The number of esters is 1. The van der Waals surface area contributed by atoms with Crippen LogP contribution in [0.25, 0.3) is 11.8 Å². The number of aliphatic hydroxyl groups is 4. The van der Waals surface area contributed by atoms with Crippen molar-refractivity contribution >= 4 is 35.3 Å². The number of hydrogen-bond donors (Lipinski definition) is 6. The Labute approximate surface area is 236 Å². The van der Waals surface area contributed by atoms with Crippen LogP contribution >= 0.6 is 0 Å². The van der Waals surface area contributed by atoms with E-state index < -0.39 is 87.4 Å². The van der Waals surface area contributed by atoms with Gasteiger partial charge in [0.2, 0.25) is 5.78 Å². The Balaban J connectivity index is 1.89. The number of carbonyl (C=O) groups is 4. The molecule has 0 aromatic heterocycles. The largest absolute Gasteiger partial charge is 0.508 e. The Morgan fingerprint density at radius 2 is 1.83 bits per heavy atom. The summed E-state index contributed by atoms with van der Waals surface area (Å²) in [5.74, 6) is -10.3. The maximum Gasteiger partial charge on any atom is 0.330 e. The van der Waals surface area contributed by atoms with Crippen LogP contribution in [0.2, 0.25) is 0 Å². The van der Waals surface area contributed by atoms with Gasteiger partial charge in [-0.25, -0.2) is 4.79 Å². The predicted octanol–water partition coefficient (Wildman–Crippen LogP) is 0.852. The second kappa shape index (κ2) is 10.8. The van der Waals surface area contributed by atoms with E-state index in [1.54, 1.807) is 13.0 Å². The molecule has 12 nitrogen and oxygen atoms in total. The number of ether oxygens (including phenoxy) is 1. The van der Waals surface area contributed by atoms with Gasteiger partial charge in [0.1, 0.15) is 22.8 Å². The van der Waals surface area contributed by atoms with E-state index in [-0.39, 0.29) is 17.7 Å². The zero-order chi connectivity index (χ0) is 30.5. The number of phenols is 1. The molecule has 1 amide bonds. The third kappa shape index (κ3) is 4.42. The summed E-state index contributed by atoms with van der Waals surface area (Å²) in [7, 11) is 2.88. The van der Waals surface area contributed by atoms with Gasteiger partial charge in [-0.2, -0.15) is 0 Å². The maximum absolute atomic E-state index is 14.0. The number of ketones is 2. The Morgan fingerprint density at radius 3 is 2.41 bits per heavy atom. The molecule has 3 aliphatic carbocycles. The number of nitrogens with two attached hydrogens (primary N) is 1. The van der Waals surface area contributed by atoms with E-state index in [1.807, 2.05) is 6.92 Å². The SMILES string of the molecule is CCCCOC(=O)/C=C/c1ccc2c(c1O)C(O)=C1C(=O)[C@]3(O)C(O)=C(C(N)=O)C(=O)[C@@H](N(C)C)[C@@H]3[C@@H](O)[C@@H]1[C@H]2C. The molecular formula is C29H34N2O10. The number of primary amides is 1. The molecule has 0 aliphatic heterocycles. The summed E-state index contributed by atoms with van der Waals surface area (Å²) in [6.07, 6.45) is 2.23. The summed E-state index contributed by atoms with van der Waals surface area (Å²) in [6, 6.07) is 1.63. The van der Waals surface area contributed by atoms with Gasteiger partial charge in [0, 0.05) is 23.1 Å². The van der Waals surface area contributed by atoms with Gasteiger partial charge in [-0.15, -0.1) is 0 Å². The zero-order valence-electron chi connectivity index (χ0n) is 23.1. The lowest BCUT2D eigenvalue weighted by atomic mass is 9.54. The fourth-order valence-corrected chi connectivity index (χ4v) is 6.29. The highest BCUT2D eigenvalue weighted by Crippen LogP contribution is 2.56. The Bertz CT molecular complexity index is 1420. The van der Waals surface area contributed by atoms with E-state index >= 15 is 0 Å². The molecule has 0 unspecified atom stereocenters. The molecule has 12 heteroatoms. The number of carbonyl (C=O) groups excluding carboxylic acids is 4. The minimum atomic E-state index is -2.99. The van der Waals surface area contributed by atoms with Crippen LogP contribution < -0.4 is 5.73 Å². The number of nitrogens with zero attached hydrogens (tertiary/aromatic N) is 1. The molecule has 1 aromatic carbocycles. The molecule has 0 radical (unpaired) electrons. The minimum absolute atomic E-state index is 0.115. The minimum Gasteiger partial charge on any atom is -0.508 e. The highest BCUT2D eigenvalue weighted by Gasteiger charge is 2.68. The number of phenolic OH excluding ortho intramolecular Hbond substituents is 1. The van der Waals surface area contributed by atoms with Crippen molar-refractivity contribution in [2.75, 3.05) is 20.7 Å². The van der Waals surface area contributed by atoms with Crippen LogP contribution in [0.5, 0.6) is 5.75 Å². The molecule has 0 bridgehead atoms.